The predicted molar refractivity (Wildman–Crippen MR) is 78.9 cm³/mol. The van der Waals surface area contributed by atoms with E-state index in [2.05, 4.69) is 20.3 Å². The summed E-state index contributed by atoms with van der Waals surface area (Å²) in [6.07, 6.45) is -0.585. The first-order valence-electron chi connectivity index (χ1n) is 5.83. The van der Waals surface area contributed by atoms with Crippen molar-refractivity contribution in [1.29, 1.82) is 0 Å². The number of amides is 1. The molecule has 1 amide bonds. The Morgan fingerprint density at radius 1 is 1.47 bits per heavy atom. The van der Waals surface area contributed by atoms with Crippen LogP contribution in [-0.4, -0.2) is 17.4 Å². The van der Waals surface area contributed by atoms with Crippen LogP contribution in [0.5, 0.6) is 0 Å². The highest BCUT2D eigenvalue weighted by Gasteiger charge is 2.16. The van der Waals surface area contributed by atoms with Gasteiger partial charge in [-0.15, -0.1) is 4.36 Å². The summed E-state index contributed by atoms with van der Waals surface area (Å²) >= 11 is 3.13. The van der Waals surface area contributed by atoms with Gasteiger partial charge < -0.3 is 4.74 Å². The molecule has 1 rings (SSSR count). The van der Waals surface area contributed by atoms with E-state index in [-0.39, 0.29) is 5.82 Å². The maximum atomic E-state index is 13.2. The summed E-state index contributed by atoms with van der Waals surface area (Å²) in [6.45, 7) is 7.30. The van der Waals surface area contributed by atoms with E-state index < -0.39 is 22.4 Å². The van der Waals surface area contributed by atoms with Crippen molar-refractivity contribution in [1.82, 2.24) is 0 Å². The Bertz CT molecular complexity index is 512. The summed E-state index contributed by atoms with van der Waals surface area (Å²) in [6, 6.07) is 4.65. The van der Waals surface area contributed by atoms with Crippen LogP contribution in [-0.2, 0) is 15.4 Å². The zero-order chi connectivity index (χ0) is 14.6. The molecule has 0 saturated carbocycles. The van der Waals surface area contributed by atoms with E-state index in [9.17, 15) is 9.18 Å². The molecule has 0 fully saturated rings. The molecule has 0 saturated heterocycles. The van der Waals surface area contributed by atoms with Crippen LogP contribution in [0.1, 0.15) is 27.7 Å². The molecule has 0 aliphatic heterocycles. The fourth-order valence-corrected chi connectivity index (χ4v) is 3.07. The average molecular weight is 350 g/mol. The SMILES string of the molecule is CC/S(=N\C(=O)OC(C)(C)C)c1ccc(F)c(Br)c1. The molecule has 6 heteroatoms. The Balaban J connectivity index is 2.99. The lowest BCUT2D eigenvalue weighted by Crippen LogP contribution is -2.22. The van der Waals surface area contributed by atoms with Crippen molar-refractivity contribution in [2.75, 3.05) is 5.75 Å². The van der Waals surface area contributed by atoms with Crippen molar-refractivity contribution in [2.24, 2.45) is 4.36 Å². The van der Waals surface area contributed by atoms with Gasteiger partial charge in [0.05, 0.1) is 4.47 Å². The van der Waals surface area contributed by atoms with Gasteiger partial charge in [-0.2, -0.15) is 0 Å². The van der Waals surface area contributed by atoms with Gasteiger partial charge in [-0.3, -0.25) is 0 Å². The van der Waals surface area contributed by atoms with E-state index in [0.717, 1.165) is 4.90 Å². The fraction of sp³-hybridized carbons (Fsp3) is 0.462. The number of carbonyl (C=O) groups excluding carboxylic acids is 1. The Labute approximate surface area is 123 Å². The third-order valence-corrected chi connectivity index (χ3v) is 4.34. The maximum Gasteiger partial charge on any atom is 0.440 e. The van der Waals surface area contributed by atoms with Crippen LogP contribution in [0.15, 0.2) is 31.9 Å². The highest BCUT2D eigenvalue weighted by Crippen LogP contribution is 2.20. The fourth-order valence-electron chi connectivity index (χ4n) is 1.28. The van der Waals surface area contributed by atoms with Crippen LogP contribution in [0.3, 0.4) is 0 Å². The molecule has 0 aromatic heterocycles. The van der Waals surface area contributed by atoms with Crippen LogP contribution in [0.2, 0.25) is 0 Å². The summed E-state index contributed by atoms with van der Waals surface area (Å²) in [5.41, 5.74) is -0.563. The van der Waals surface area contributed by atoms with Gasteiger partial charge in [0.1, 0.15) is 11.4 Å². The van der Waals surface area contributed by atoms with Crippen LogP contribution >= 0.6 is 15.9 Å². The first kappa shape index (κ1) is 16.3. The maximum absolute atomic E-state index is 13.2. The minimum atomic E-state index is -0.624. The molecule has 106 valence electrons. The van der Waals surface area contributed by atoms with Crippen molar-refractivity contribution in [3.8, 4) is 0 Å². The summed E-state index contributed by atoms with van der Waals surface area (Å²) in [7, 11) is -0.624. The van der Waals surface area contributed by atoms with Crippen LogP contribution in [0.25, 0.3) is 0 Å². The van der Waals surface area contributed by atoms with Gasteiger partial charge in [0.25, 0.3) is 0 Å². The number of hydrogen-bond acceptors (Lipinski definition) is 2. The standard InChI is InChI=1S/C13H17BrFNO2S/c1-5-19(16-12(17)18-13(2,3)4)9-6-7-11(15)10(14)8-9/h6-8H,5H2,1-4H3. The lowest BCUT2D eigenvalue weighted by molar-refractivity contribution is 0.0608. The average Bonchev–Trinajstić information content (AvgIpc) is 2.27. The van der Waals surface area contributed by atoms with Crippen molar-refractivity contribution in [2.45, 2.75) is 38.2 Å². The summed E-state index contributed by atoms with van der Waals surface area (Å²) in [5.74, 6) is 0.331. The minimum Gasteiger partial charge on any atom is -0.442 e. The number of benzene rings is 1. The molecule has 1 aromatic rings. The zero-order valence-corrected chi connectivity index (χ0v) is 13.8. The quantitative estimate of drug-likeness (QED) is 0.775. The lowest BCUT2D eigenvalue weighted by Gasteiger charge is -2.17. The first-order chi connectivity index (χ1) is 8.73. The number of hydrogen-bond donors (Lipinski definition) is 0. The second-order valence-electron chi connectivity index (χ2n) is 4.80. The lowest BCUT2D eigenvalue weighted by atomic mass is 10.2. The normalized spacial score (nSPS) is 13.4. The van der Waals surface area contributed by atoms with E-state index in [1.54, 1.807) is 32.9 Å². The molecule has 0 radical (unpaired) electrons. The van der Waals surface area contributed by atoms with Crippen molar-refractivity contribution >= 4 is 32.7 Å². The minimum absolute atomic E-state index is 0.333. The molecule has 1 aromatic carbocycles. The number of carbonyl (C=O) groups is 1. The summed E-state index contributed by atoms with van der Waals surface area (Å²) in [4.78, 5) is 12.5. The van der Waals surface area contributed by atoms with E-state index >= 15 is 0 Å². The Morgan fingerprint density at radius 2 is 2.11 bits per heavy atom. The van der Waals surface area contributed by atoms with Crippen LogP contribution < -0.4 is 0 Å². The molecule has 1 unspecified atom stereocenters. The molecule has 1 atom stereocenters. The van der Waals surface area contributed by atoms with Crippen molar-refractivity contribution < 1.29 is 13.9 Å². The van der Waals surface area contributed by atoms with Crippen LogP contribution in [0, 0.1) is 5.82 Å². The number of ether oxygens (including phenoxy) is 1. The second-order valence-corrected chi connectivity index (χ2v) is 7.62. The van der Waals surface area contributed by atoms with Crippen molar-refractivity contribution in [3.63, 3.8) is 0 Å². The van der Waals surface area contributed by atoms with Gasteiger partial charge in [0.15, 0.2) is 0 Å². The van der Waals surface area contributed by atoms with Gasteiger partial charge in [0, 0.05) is 10.6 Å². The zero-order valence-electron chi connectivity index (χ0n) is 11.4. The predicted octanol–water partition coefficient (Wildman–Crippen LogP) is 4.70. The van der Waals surface area contributed by atoms with E-state index in [0.29, 0.717) is 10.2 Å². The molecule has 0 N–H and O–H groups in total. The van der Waals surface area contributed by atoms with Gasteiger partial charge >= 0.3 is 6.09 Å². The topological polar surface area (TPSA) is 38.7 Å². The number of rotatable bonds is 2. The van der Waals surface area contributed by atoms with Gasteiger partial charge in [-0.25, -0.2) is 9.18 Å². The first-order valence-corrected chi connectivity index (χ1v) is 7.98. The number of halogens is 2. The Morgan fingerprint density at radius 3 is 2.58 bits per heavy atom. The largest absolute Gasteiger partial charge is 0.442 e. The molecule has 0 bridgehead atoms. The monoisotopic (exact) mass is 349 g/mol. The Hall–Kier alpha value is -0.750. The molecular weight excluding hydrogens is 333 g/mol. The smallest absolute Gasteiger partial charge is 0.440 e. The second kappa shape index (κ2) is 6.61. The van der Waals surface area contributed by atoms with Gasteiger partial charge in [-0.05, 0) is 54.9 Å². The number of nitrogens with zero attached hydrogens (tertiary/aromatic N) is 1. The van der Waals surface area contributed by atoms with Gasteiger partial charge in [-0.1, -0.05) is 17.6 Å². The molecule has 19 heavy (non-hydrogen) atoms. The molecule has 3 nitrogen and oxygen atoms in total. The molecule has 0 aliphatic carbocycles. The highest BCUT2D eigenvalue weighted by molar-refractivity contribution is 9.10. The van der Waals surface area contributed by atoms with Crippen molar-refractivity contribution in [3.05, 3.63) is 28.5 Å². The summed E-state index contributed by atoms with van der Waals surface area (Å²) < 4.78 is 22.8. The Kier molecular flexibility index (Phi) is 5.67. The van der Waals surface area contributed by atoms with E-state index in [4.69, 9.17) is 4.74 Å². The molecular formula is C13H17BrFNO2S. The summed E-state index contributed by atoms with van der Waals surface area (Å²) in [5, 5.41) is 0. The van der Waals surface area contributed by atoms with Gasteiger partial charge in [0.2, 0.25) is 0 Å². The van der Waals surface area contributed by atoms with E-state index in [1.807, 2.05) is 6.92 Å². The third kappa shape index (κ3) is 5.40. The molecule has 0 heterocycles. The molecule has 0 spiro atoms. The third-order valence-electron chi connectivity index (χ3n) is 2.01. The molecule has 0 aliphatic rings. The highest BCUT2D eigenvalue weighted by atomic mass is 79.9. The van der Waals surface area contributed by atoms with Crippen LogP contribution in [0.4, 0.5) is 9.18 Å². The van der Waals surface area contributed by atoms with E-state index in [1.165, 1.54) is 6.07 Å².